The fourth-order valence-electron chi connectivity index (χ4n) is 2.62. The van der Waals surface area contributed by atoms with Crippen LogP contribution < -0.4 is 11.1 Å². The normalized spacial score (nSPS) is 16.0. The third kappa shape index (κ3) is 5.41. The first-order valence-corrected chi connectivity index (χ1v) is 9.05. The van der Waals surface area contributed by atoms with Crippen molar-refractivity contribution in [3.05, 3.63) is 35.9 Å². The van der Waals surface area contributed by atoms with E-state index >= 15 is 0 Å². The maximum absolute atomic E-state index is 12.3. The zero-order valence-electron chi connectivity index (χ0n) is 13.3. The Labute approximate surface area is 137 Å². The average Bonchev–Trinajstić information content (AvgIpc) is 2.55. The lowest BCUT2D eigenvalue weighted by molar-refractivity contribution is -0.120. The number of nitrogen functional groups attached to an aromatic ring is 1. The number of thioether (sulfide) groups is 1. The Kier molecular flexibility index (Phi) is 6.84. The fraction of sp³-hybridized carbons (Fsp3) is 0.500. The van der Waals surface area contributed by atoms with Crippen molar-refractivity contribution in [3.63, 3.8) is 0 Å². The molecule has 120 valence electrons. The smallest absolute Gasteiger partial charge is 0.233 e. The molecule has 0 saturated carbocycles. The van der Waals surface area contributed by atoms with Crippen LogP contribution in [0.2, 0.25) is 0 Å². The third-order valence-corrected chi connectivity index (χ3v) is 5.33. The molecule has 1 unspecified atom stereocenters. The lowest BCUT2D eigenvalue weighted by Gasteiger charge is -2.16. The van der Waals surface area contributed by atoms with Crippen LogP contribution in [0.5, 0.6) is 0 Å². The van der Waals surface area contributed by atoms with E-state index in [1.54, 1.807) is 11.8 Å². The summed E-state index contributed by atoms with van der Waals surface area (Å²) in [4.78, 5) is 13.4. The van der Waals surface area contributed by atoms with Crippen LogP contribution in [-0.2, 0) is 4.79 Å². The Morgan fingerprint density at radius 1 is 1.32 bits per heavy atom. The Morgan fingerprint density at radius 3 is 2.73 bits per heavy atom. The molecule has 0 bridgehead atoms. The molecule has 1 aliphatic rings. The monoisotopic (exact) mass is 318 g/mol. The first-order chi connectivity index (χ1) is 10.7. The summed E-state index contributed by atoms with van der Waals surface area (Å²) >= 11 is 1.61. The van der Waals surface area contributed by atoms with Gasteiger partial charge in [0.2, 0.25) is 5.91 Å². The van der Waals surface area contributed by atoms with E-state index in [0.717, 1.165) is 30.0 Å². The van der Waals surface area contributed by atoms with E-state index in [-0.39, 0.29) is 11.2 Å². The molecule has 1 amide bonds. The lowest BCUT2D eigenvalue weighted by atomic mass is 9.97. The van der Waals surface area contributed by atoms with E-state index in [4.69, 9.17) is 5.73 Å². The number of nitrogens with one attached hydrogen (secondary N) is 1. The van der Waals surface area contributed by atoms with E-state index in [9.17, 15) is 4.79 Å². The van der Waals surface area contributed by atoms with Crippen LogP contribution in [0.1, 0.15) is 45.4 Å². The summed E-state index contributed by atoms with van der Waals surface area (Å²) in [5.41, 5.74) is 7.95. The number of allylic oxidation sites excluding steroid dienone is 1. The SMILES string of the molecule is CCC(Sc1ccc(N)cc1)C(=O)NCCC1=CCCCC1. The van der Waals surface area contributed by atoms with Gasteiger partial charge in [0.05, 0.1) is 5.25 Å². The maximum Gasteiger partial charge on any atom is 0.233 e. The van der Waals surface area contributed by atoms with Gasteiger partial charge in [-0.2, -0.15) is 0 Å². The Hall–Kier alpha value is -1.42. The molecule has 1 aliphatic carbocycles. The predicted molar refractivity (Wildman–Crippen MR) is 95.0 cm³/mol. The van der Waals surface area contributed by atoms with Gasteiger partial charge in [-0.25, -0.2) is 0 Å². The van der Waals surface area contributed by atoms with Gasteiger partial charge in [0.1, 0.15) is 0 Å². The molecular formula is C18H26N2OS. The first-order valence-electron chi connectivity index (χ1n) is 8.17. The summed E-state index contributed by atoms with van der Waals surface area (Å²) in [7, 11) is 0. The van der Waals surface area contributed by atoms with Crippen molar-refractivity contribution in [1.29, 1.82) is 0 Å². The Morgan fingerprint density at radius 2 is 2.09 bits per heavy atom. The molecule has 0 saturated heterocycles. The van der Waals surface area contributed by atoms with Crippen molar-refractivity contribution in [2.24, 2.45) is 0 Å². The van der Waals surface area contributed by atoms with Gasteiger partial charge in [0, 0.05) is 17.1 Å². The molecule has 0 aromatic heterocycles. The van der Waals surface area contributed by atoms with Crippen LogP contribution in [0.3, 0.4) is 0 Å². The van der Waals surface area contributed by atoms with E-state index in [2.05, 4.69) is 18.3 Å². The minimum absolute atomic E-state index is 0.0380. The summed E-state index contributed by atoms with van der Waals surface area (Å²) in [6, 6.07) is 7.70. The number of carbonyl (C=O) groups is 1. The third-order valence-electron chi connectivity index (χ3n) is 3.95. The highest BCUT2D eigenvalue weighted by Gasteiger charge is 2.17. The zero-order valence-corrected chi connectivity index (χ0v) is 14.1. The second-order valence-electron chi connectivity index (χ2n) is 5.73. The van der Waals surface area contributed by atoms with Crippen molar-refractivity contribution in [2.75, 3.05) is 12.3 Å². The molecule has 0 radical (unpaired) electrons. The van der Waals surface area contributed by atoms with Crippen molar-refractivity contribution >= 4 is 23.4 Å². The molecule has 4 heteroatoms. The van der Waals surface area contributed by atoms with Gasteiger partial charge in [0.25, 0.3) is 0 Å². The summed E-state index contributed by atoms with van der Waals surface area (Å²) in [6.07, 6.45) is 9.17. The number of nitrogens with two attached hydrogens (primary N) is 1. The van der Waals surface area contributed by atoms with E-state index in [0.29, 0.717) is 0 Å². The number of carbonyl (C=O) groups excluding carboxylic acids is 1. The second-order valence-corrected chi connectivity index (χ2v) is 7.01. The number of hydrogen-bond acceptors (Lipinski definition) is 3. The van der Waals surface area contributed by atoms with Gasteiger partial charge in [-0.05, 0) is 62.8 Å². The fourth-order valence-corrected chi connectivity index (χ4v) is 3.60. The topological polar surface area (TPSA) is 55.1 Å². The van der Waals surface area contributed by atoms with Crippen molar-refractivity contribution in [3.8, 4) is 0 Å². The largest absolute Gasteiger partial charge is 0.399 e. The second kappa shape index (κ2) is 8.89. The van der Waals surface area contributed by atoms with E-state index in [1.807, 2.05) is 24.3 Å². The Bertz CT molecular complexity index is 510. The minimum atomic E-state index is -0.0380. The molecule has 3 nitrogen and oxygen atoms in total. The zero-order chi connectivity index (χ0) is 15.8. The molecule has 1 atom stereocenters. The van der Waals surface area contributed by atoms with Gasteiger partial charge in [-0.15, -0.1) is 11.8 Å². The van der Waals surface area contributed by atoms with Crippen molar-refractivity contribution in [1.82, 2.24) is 5.32 Å². The lowest BCUT2D eigenvalue weighted by Crippen LogP contribution is -2.33. The van der Waals surface area contributed by atoms with E-state index < -0.39 is 0 Å². The molecule has 22 heavy (non-hydrogen) atoms. The average molecular weight is 318 g/mol. The van der Waals surface area contributed by atoms with Crippen LogP contribution in [0.25, 0.3) is 0 Å². The van der Waals surface area contributed by atoms with Gasteiger partial charge in [0.15, 0.2) is 0 Å². The molecule has 0 heterocycles. The number of benzene rings is 1. The van der Waals surface area contributed by atoms with Crippen molar-refractivity contribution < 1.29 is 4.79 Å². The van der Waals surface area contributed by atoms with Crippen LogP contribution in [0, 0.1) is 0 Å². The van der Waals surface area contributed by atoms with Crippen LogP contribution in [-0.4, -0.2) is 17.7 Å². The standard InChI is InChI=1S/C18H26N2OS/c1-2-17(22-16-10-8-15(19)9-11-16)18(21)20-13-12-14-6-4-3-5-7-14/h6,8-11,17H,2-5,7,12-13,19H2,1H3,(H,20,21). The Balaban J connectivity index is 1.78. The highest BCUT2D eigenvalue weighted by atomic mass is 32.2. The van der Waals surface area contributed by atoms with Crippen molar-refractivity contribution in [2.45, 2.75) is 55.6 Å². The number of anilines is 1. The summed E-state index contributed by atoms with van der Waals surface area (Å²) in [5, 5.41) is 3.05. The number of hydrogen-bond donors (Lipinski definition) is 2. The molecule has 0 spiro atoms. The first kappa shape index (κ1) is 16.9. The summed E-state index contributed by atoms with van der Waals surface area (Å²) in [6.45, 7) is 2.81. The molecule has 1 aromatic rings. The van der Waals surface area contributed by atoms with Crippen LogP contribution in [0.15, 0.2) is 40.8 Å². The van der Waals surface area contributed by atoms with Gasteiger partial charge < -0.3 is 11.1 Å². The van der Waals surface area contributed by atoms with E-state index in [1.165, 1.54) is 31.3 Å². The van der Waals surface area contributed by atoms with Gasteiger partial charge in [-0.3, -0.25) is 4.79 Å². The number of rotatable bonds is 7. The molecular weight excluding hydrogens is 292 g/mol. The minimum Gasteiger partial charge on any atom is -0.399 e. The number of amides is 1. The molecule has 3 N–H and O–H groups in total. The molecule has 2 rings (SSSR count). The summed E-state index contributed by atoms with van der Waals surface area (Å²) < 4.78 is 0. The predicted octanol–water partition coefficient (Wildman–Crippen LogP) is 4.15. The highest BCUT2D eigenvalue weighted by molar-refractivity contribution is 8.00. The van der Waals surface area contributed by atoms with Gasteiger partial charge >= 0.3 is 0 Å². The molecule has 0 fully saturated rings. The van der Waals surface area contributed by atoms with Crippen LogP contribution in [0.4, 0.5) is 5.69 Å². The van der Waals surface area contributed by atoms with Gasteiger partial charge in [-0.1, -0.05) is 18.6 Å². The summed E-state index contributed by atoms with van der Waals surface area (Å²) in [5.74, 6) is 0.140. The molecule has 1 aromatic carbocycles. The molecule has 0 aliphatic heterocycles. The van der Waals surface area contributed by atoms with Crippen LogP contribution >= 0.6 is 11.8 Å². The maximum atomic E-state index is 12.3. The highest BCUT2D eigenvalue weighted by Crippen LogP contribution is 2.26. The quantitative estimate of drug-likeness (QED) is 0.451.